The van der Waals surface area contributed by atoms with Crippen molar-refractivity contribution in [3.05, 3.63) is 23.8 Å². The smallest absolute Gasteiger partial charge is 0.423 e. The molecule has 0 unspecified atom stereocenters. The largest absolute Gasteiger partial charge is 0.491 e. The maximum atomic E-state index is 13.5. The number of hydrogen-bond acceptors (Lipinski definition) is 4. The van der Waals surface area contributed by atoms with Crippen molar-refractivity contribution in [3.8, 4) is 0 Å². The molecule has 0 amide bonds. The molecule has 3 N–H and O–H groups in total. The van der Waals surface area contributed by atoms with Gasteiger partial charge in [-0.1, -0.05) is 0 Å². The summed E-state index contributed by atoms with van der Waals surface area (Å²) in [6.45, 7) is 0. The summed E-state index contributed by atoms with van der Waals surface area (Å²) in [5, 5.41) is 17.5. The summed E-state index contributed by atoms with van der Waals surface area (Å²) >= 11 is 0. The first kappa shape index (κ1) is 13.4. The Morgan fingerprint density at radius 2 is 1.83 bits per heavy atom. The summed E-state index contributed by atoms with van der Waals surface area (Å²) in [4.78, 5) is -0.837. The zero-order valence-electron chi connectivity index (χ0n) is 9.10. The van der Waals surface area contributed by atoms with Gasteiger partial charge >= 0.3 is 7.12 Å². The van der Waals surface area contributed by atoms with Gasteiger partial charge in [0.2, 0.25) is 10.0 Å². The molecule has 2 rings (SSSR count). The van der Waals surface area contributed by atoms with Crippen LogP contribution in [0.15, 0.2) is 17.0 Å². The molecule has 1 saturated carbocycles. The summed E-state index contributed by atoms with van der Waals surface area (Å²) in [6.07, 6.45) is 1.33. The van der Waals surface area contributed by atoms with Crippen LogP contribution in [0.5, 0.6) is 0 Å². The molecule has 1 aliphatic carbocycles. The molecule has 9 heteroatoms. The van der Waals surface area contributed by atoms with E-state index in [-0.39, 0.29) is 6.04 Å². The lowest BCUT2D eigenvalue weighted by Crippen LogP contribution is -2.34. The van der Waals surface area contributed by atoms with Gasteiger partial charge < -0.3 is 10.0 Å². The maximum absolute atomic E-state index is 13.5. The van der Waals surface area contributed by atoms with Gasteiger partial charge in [0.05, 0.1) is 0 Å². The fourth-order valence-corrected chi connectivity index (χ4v) is 2.81. The van der Waals surface area contributed by atoms with Crippen molar-refractivity contribution in [3.63, 3.8) is 0 Å². The normalized spacial score (nSPS) is 15.8. The second-order valence-corrected chi connectivity index (χ2v) is 5.76. The van der Waals surface area contributed by atoms with Gasteiger partial charge in [0.1, 0.15) is 16.5 Å². The van der Waals surface area contributed by atoms with Crippen LogP contribution in [-0.4, -0.2) is 31.6 Å². The minimum Gasteiger partial charge on any atom is -0.423 e. The molecule has 1 aliphatic rings. The number of nitrogens with one attached hydrogen (secondary N) is 1. The quantitative estimate of drug-likeness (QED) is 0.622. The number of hydrogen-bond donors (Lipinski definition) is 3. The van der Waals surface area contributed by atoms with Crippen LogP contribution in [-0.2, 0) is 10.0 Å². The van der Waals surface area contributed by atoms with Crippen LogP contribution < -0.4 is 10.2 Å². The Hall–Kier alpha value is -1.03. The standard InChI is InChI=1S/C9H10BF2NO4S/c11-7-4-9(8(12)3-6(7)10(14)15)18(16,17)13-5-1-2-5/h3-5,13-15H,1-2H2. The summed E-state index contributed by atoms with van der Waals surface area (Å²) in [5.74, 6) is -2.42. The Bertz CT molecular complexity index is 574. The lowest BCUT2D eigenvalue weighted by molar-refractivity contribution is 0.422. The van der Waals surface area contributed by atoms with E-state index < -0.39 is 39.1 Å². The number of sulfonamides is 1. The van der Waals surface area contributed by atoms with Crippen LogP contribution >= 0.6 is 0 Å². The van der Waals surface area contributed by atoms with Crippen molar-refractivity contribution in [1.29, 1.82) is 0 Å². The van der Waals surface area contributed by atoms with Crippen LogP contribution in [0, 0.1) is 11.6 Å². The van der Waals surface area contributed by atoms with Gasteiger partial charge in [-0.15, -0.1) is 0 Å². The first-order valence-electron chi connectivity index (χ1n) is 5.18. The van der Waals surface area contributed by atoms with E-state index in [9.17, 15) is 17.2 Å². The van der Waals surface area contributed by atoms with Gasteiger partial charge in [-0.2, -0.15) is 0 Å². The highest BCUT2D eigenvalue weighted by Crippen LogP contribution is 2.23. The highest BCUT2D eigenvalue weighted by atomic mass is 32.2. The predicted octanol–water partition coefficient (Wildman–Crippen LogP) is -0.915. The number of halogens is 2. The van der Waals surface area contributed by atoms with Crippen molar-refractivity contribution < 1.29 is 27.2 Å². The van der Waals surface area contributed by atoms with E-state index in [4.69, 9.17) is 10.0 Å². The van der Waals surface area contributed by atoms with Crippen molar-refractivity contribution in [1.82, 2.24) is 4.72 Å². The third-order valence-corrected chi connectivity index (χ3v) is 4.05. The van der Waals surface area contributed by atoms with Gasteiger partial charge in [-0.3, -0.25) is 0 Å². The third kappa shape index (κ3) is 2.69. The Labute approximate surface area is 103 Å². The van der Waals surface area contributed by atoms with Gasteiger partial charge in [-0.05, 0) is 25.0 Å². The summed E-state index contributed by atoms with van der Waals surface area (Å²) < 4.78 is 52.5. The molecular formula is C9H10BF2NO4S. The fourth-order valence-electron chi connectivity index (χ4n) is 1.43. The molecule has 0 aromatic heterocycles. The maximum Gasteiger partial charge on any atom is 0.491 e. The van der Waals surface area contributed by atoms with Crippen LogP contribution in [0.2, 0.25) is 0 Å². The van der Waals surface area contributed by atoms with E-state index in [1.807, 2.05) is 0 Å². The second-order valence-electron chi connectivity index (χ2n) is 4.07. The molecule has 0 radical (unpaired) electrons. The van der Waals surface area contributed by atoms with E-state index in [0.717, 1.165) is 0 Å². The van der Waals surface area contributed by atoms with E-state index in [0.29, 0.717) is 25.0 Å². The van der Waals surface area contributed by atoms with E-state index in [1.54, 1.807) is 0 Å². The highest BCUT2D eigenvalue weighted by Gasteiger charge is 2.31. The predicted molar refractivity (Wildman–Crippen MR) is 59.5 cm³/mol. The zero-order chi connectivity index (χ0) is 13.5. The van der Waals surface area contributed by atoms with E-state index in [1.165, 1.54) is 0 Å². The molecular weight excluding hydrogens is 267 g/mol. The summed E-state index contributed by atoms with van der Waals surface area (Å²) in [6, 6.07) is 0.664. The average Bonchev–Trinajstić information content (AvgIpc) is 3.03. The Morgan fingerprint density at radius 3 is 2.33 bits per heavy atom. The summed E-state index contributed by atoms with van der Waals surface area (Å²) in [5.41, 5.74) is -0.710. The van der Waals surface area contributed by atoms with Gasteiger partial charge in [-0.25, -0.2) is 21.9 Å². The zero-order valence-corrected chi connectivity index (χ0v) is 9.92. The Kier molecular flexibility index (Phi) is 3.41. The van der Waals surface area contributed by atoms with Crippen molar-refractivity contribution in [2.75, 3.05) is 0 Å². The molecule has 0 spiro atoms. The van der Waals surface area contributed by atoms with E-state index in [2.05, 4.69) is 4.72 Å². The SMILES string of the molecule is O=S(=O)(NC1CC1)c1cc(F)c(B(O)O)cc1F. The lowest BCUT2D eigenvalue weighted by Gasteiger charge is -2.09. The third-order valence-electron chi connectivity index (χ3n) is 2.52. The Balaban J connectivity index is 2.42. The van der Waals surface area contributed by atoms with Crippen molar-refractivity contribution in [2.45, 2.75) is 23.8 Å². The minimum absolute atomic E-state index is 0.236. The lowest BCUT2D eigenvalue weighted by atomic mass is 9.80. The molecule has 5 nitrogen and oxygen atoms in total. The molecule has 0 atom stereocenters. The molecule has 18 heavy (non-hydrogen) atoms. The van der Waals surface area contributed by atoms with Crippen LogP contribution in [0.1, 0.15) is 12.8 Å². The molecule has 98 valence electrons. The van der Waals surface area contributed by atoms with Crippen LogP contribution in [0.25, 0.3) is 0 Å². The van der Waals surface area contributed by atoms with Crippen molar-refractivity contribution in [2.24, 2.45) is 0 Å². The molecule has 0 heterocycles. The molecule has 0 saturated heterocycles. The first-order chi connectivity index (χ1) is 8.31. The van der Waals surface area contributed by atoms with Crippen LogP contribution in [0.4, 0.5) is 8.78 Å². The minimum atomic E-state index is -4.12. The molecule has 1 fully saturated rings. The number of rotatable bonds is 4. The average molecular weight is 277 g/mol. The second kappa shape index (κ2) is 4.58. The topological polar surface area (TPSA) is 86.6 Å². The van der Waals surface area contributed by atoms with Gasteiger partial charge in [0.15, 0.2) is 0 Å². The Morgan fingerprint density at radius 1 is 1.22 bits per heavy atom. The molecule has 0 bridgehead atoms. The summed E-state index contributed by atoms with van der Waals surface area (Å²) in [7, 11) is -6.32. The van der Waals surface area contributed by atoms with Gasteiger partial charge in [0, 0.05) is 11.5 Å². The monoisotopic (exact) mass is 277 g/mol. The molecule has 0 aliphatic heterocycles. The van der Waals surface area contributed by atoms with Gasteiger partial charge in [0.25, 0.3) is 0 Å². The van der Waals surface area contributed by atoms with E-state index >= 15 is 0 Å². The van der Waals surface area contributed by atoms with Crippen molar-refractivity contribution >= 4 is 22.6 Å². The molecule has 1 aromatic carbocycles. The fraction of sp³-hybridized carbons (Fsp3) is 0.333. The van der Waals surface area contributed by atoms with Crippen LogP contribution in [0.3, 0.4) is 0 Å². The first-order valence-corrected chi connectivity index (χ1v) is 6.67. The number of benzene rings is 1. The highest BCUT2D eigenvalue weighted by molar-refractivity contribution is 7.89. The molecule has 1 aromatic rings.